The molecule has 68 valence electrons. The van der Waals surface area contributed by atoms with Crippen molar-refractivity contribution >= 4 is 27.7 Å². The molecule has 0 aliphatic carbocycles. The van der Waals surface area contributed by atoms with E-state index in [-0.39, 0.29) is 16.7 Å². The van der Waals surface area contributed by atoms with Gasteiger partial charge >= 0.3 is 0 Å². The molecule has 0 aromatic heterocycles. The Morgan fingerprint density at radius 2 is 1.92 bits per heavy atom. The minimum absolute atomic E-state index is 0.0202. The van der Waals surface area contributed by atoms with E-state index in [1.165, 1.54) is 18.2 Å². The summed E-state index contributed by atoms with van der Waals surface area (Å²) in [5.41, 5.74) is 0.394. The maximum Gasteiger partial charge on any atom is 0.173 e. The molecule has 0 amide bonds. The van der Waals surface area contributed by atoms with Crippen molar-refractivity contribution in [3.63, 3.8) is 0 Å². The first-order valence-corrected chi connectivity index (χ1v) is 4.68. The van der Waals surface area contributed by atoms with Gasteiger partial charge in [-0.25, -0.2) is 0 Å². The van der Waals surface area contributed by atoms with Gasteiger partial charge in [0.15, 0.2) is 5.78 Å². The fourth-order valence-corrected chi connectivity index (χ4v) is 1.22. The second-order valence-corrected chi connectivity index (χ2v) is 2.99. The number of carbonyl (C=O) groups excluding carboxylic acids is 2. The first kappa shape index (κ1) is 9.92. The summed E-state index contributed by atoms with van der Waals surface area (Å²) in [5.74, 6) is -1.42. The van der Waals surface area contributed by atoms with Crippen LogP contribution in [0, 0.1) is 0 Å². The Kier molecular flexibility index (Phi) is 3.19. The number of benzene rings is 1. The first-order chi connectivity index (χ1) is 6.15. The molecule has 1 aromatic carbocycles. The molecule has 0 fully saturated rings. The fraction of sp³-hybridized carbons (Fsp3) is 0.111. The Hall–Kier alpha value is -1.16. The monoisotopic (exact) mass is 241 g/mol. The van der Waals surface area contributed by atoms with Gasteiger partial charge in [0, 0.05) is 5.56 Å². The maximum absolute atomic E-state index is 11.1. The van der Waals surface area contributed by atoms with Crippen LogP contribution < -0.4 is 5.11 Å². The molecule has 0 aliphatic rings. The number of aromatic carboxylic acids is 1. The number of hydrogen-bond donors (Lipinski definition) is 0. The summed E-state index contributed by atoms with van der Waals surface area (Å²) in [4.78, 5) is 21.6. The number of ketones is 1. The molecule has 0 unspecified atom stereocenters. The normalized spacial score (nSPS) is 9.62. The molecule has 0 spiro atoms. The summed E-state index contributed by atoms with van der Waals surface area (Å²) in [6.45, 7) is 0. The highest BCUT2D eigenvalue weighted by molar-refractivity contribution is 9.09. The Morgan fingerprint density at radius 3 is 2.46 bits per heavy atom. The Balaban J connectivity index is 3.05. The minimum Gasteiger partial charge on any atom is -0.545 e. The van der Waals surface area contributed by atoms with Crippen LogP contribution >= 0.6 is 15.9 Å². The predicted octanol–water partition coefficient (Wildman–Crippen LogP) is 0.628. The SMILES string of the molecule is O=C([O-])c1cccc(C(=O)CBr)c1. The topological polar surface area (TPSA) is 57.2 Å². The first-order valence-electron chi connectivity index (χ1n) is 3.55. The highest BCUT2D eigenvalue weighted by Crippen LogP contribution is 2.06. The number of hydrogen-bond acceptors (Lipinski definition) is 3. The zero-order valence-electron chi connectivity index (χ0n) is 6.62. The molecule has 4 heteroatoms. The van der Waals surface area contributed by atoms with E-state index in [0.717, 1.165) is 0 Å². The molecule has 0 atom stereocenters. The summed E-state index contributed by atoms with van der Waals surface area (Å²) >= 11 is 3.00. The molecule has 0 saturated heterocycles. The van der Waals surface area contributed by atoms with Crippen LogP contribution in [-0.2, 0) is 0 Å². The largest absolute Gasteiger partial charge is 0.545 e. The van der Waals surface area contributed by atoms with Crippen molar-refractivity contribution in [1.82, 2.24) is 0 Å². The van der Waals surface area contributed by atoms with Crippen LogP contribution in [-0.4, -0.2) is 17.1 Å². The Bertz CT molecular complexity index is 346. The second kappa shape index (κ2) is 4.18. The summed E-state index contributed by atoms with van der Waals surface area (Å²) in [5, 5.41) is 10.6. The van der Waals surface area contributed by atoms with Crippen molar-refractivity contribution in [2.45, 2.75) is 0 Å². The van der Waals surface area contributed by atoms with Crippen molar-refractivity contribution in [3.8, 4) is 0 Å². The quantitative estimate of drug-likeness (QED) is 0.576. The molecule has 0 N–H and O–H groups in total. The van der Waals surface area contributed by atoms with Crippen LogP contribution in [0.1, 0.15) is 20.7 Å². The Morgan fingerprint density at radius 1 is 1.31 bits per heavy atom. The van der Waals surface area contributed by atoms with Crippen LogP contribution in [0.2, 0.25) is 0 Å². The summed E-state index contributed by atoms with van der Waals surface area (Å²) < 4.78 is 0. The zero-order valence-corrected chi connectivity index (χ0v) is 8.21. The smallest absolute Gasteiger partial charge is 0.173 e. The number of rotatable bonds is 3. The number of carbonyl (C=O) groups is 2. The standard InChI is InChI=1S/C9H7BrO3/c10-5-8(11)6-2-1-3-7(4-6)9(12)13/h1-4H,5H2,(H,12,13)/p-1. The summed E-state index contributed by atoms with van der Waals surface area (Å²) in [6, 6.07) is 5.77. The van der Waals surface area contributed by atoms with Gasteiger partial charge in [0.25, 0.3) is 0 Å². The van der Waals surface area contributed by atoms with E-state index >= 15 is 0 Å². The van der Waals surface area contributed by atoms with Gasteiger partial charge in [-0.05, 0) is 11.6 Å². The van der Waals surface area contributed by atoms with Gasteiger partial charge in [0.05, 0.1) is 11.3 Å². The number of halogens is 1. The Labute approximate surface area is 83.5 Å². The lowest BCUT2D eigenvalue weighted by atomic mass is 10.1. The third kappa shape index (κ3) is 2.39. The maximum atomic E-state index is 11.1. The molecule has 0 saturated carbocycles. The van der Waals surface area contributed by atoms with Gasteiger partial charge < -0.3 is 9.90 Å². The van der Waals surface area contributed by atoms with Crippen LogP contribution in [0.15, 0.2) is 24.3 Å². The molecular formula is C9H6BrO3-. The number of alkyl halides is 1. The molecule has 0 aliphatic heterocycles. The van der Waals surface area contributed by atoms with Crippen molar-refractivity contribution in [1.29, 1.82) is 0 Å². The lowest BCUT2D eigenvalue weighted by Crippen LogP contribution is -2.22. The lowest BCUT2D eigenvalue weighted by Gasteiger charge is -2.03. The van der Waals surface area contributed by atoms with Crippen molar-refractivity contribution in [2.75, 3.05) is 5.33 Å². The van der Waals surface area contributed by atoms with E-state index < -0.39 is 5.97 Å². The van der Waals surface area contributed by atoms with Gasteiger partial charge in [0.2, 0.25) is 0 Å². The number of carboxylic acids is 1. The van der Waals surface area contributed by atoms with Crippen LogP contribution in [0.5, 0.6) is 0 Å². The molecule has 0 heterocycles. The minimum atomic E-state index is -1.27. The number of Topliss-reactive ketones (excluding diaryl/α,β-unsaturated/α-hetero) is 1. The average molecular weight is 242 g/mol. The van der Waals surface area contributed by atoms with Gasteiger partial charge in [-0.2, -0.15) is 0 Å². The fourth-order valence-electron chi connectivity index (χ4n) is 0.897. The molecule has 13 heavy (non-hydrogen) atoms. The highest BCUT2D eigenvalue weighted by Gasteiger charge is 2.04. The van der Waals surface area contributed by atoms with Crippen LogP contribution in [0.4, 0.5) is 0 Å². The van der Waals surface area contributed by atoms with E-state index in [4.69, 9.17) is 0 Å². The third-order valence-electron chi connectivity index (χ3n) is 1.54. The van der Waals surface area contributed by atoms with Crippen molar-refractivity contribution in [3.05, 3.63) is 35.4 Å². The van der Waals surface area contributed by atoms with E-state index in [1.807, 2.05) is 0 Å². The molecule has 1 aromatic rings. The average Bonchev–Trinajstić information content (AvgIpc) is 2.17. The van der Waals surface area contributed by atoms with E-state index in [9.17, 15) is 14.7 Å². The van der Waals surface area contributed by atoms with Crippen LogP contribution in [0.25, 0.3) is 0 Å². The van der Waals surface area contributed by atoms with Crippen molar-refractivity contribution < 1.29 is 14.7 Å². The summed E-state index contributed by atoms with van der Waals surface area (Å²) in [7, 11) is 0. The van der Waals surface area contributed by atoms with Crippen LogP contribution in [0.3, 0.4) is 0 Å². The van der Waals surface area contributed by atoms with E-state index in [2.05, 4.69) is 15.9 Å². The summed E-state index contributed by atoms with van der Waals surface area (Å²) in [6.07, 6.45) is 0. The van der Waals surface area contributed by atoms with Gasteiger partial charge in [-0.1, -0.05) is 34.1 Å². The van der Waals surface area contributed by atoms with Gasteiger partial charge in [-0.3, -0.25) is 4.79 Å². The molecule has 1 rings (SSSR count). The zero-order chi connectivity index (χ0) is 9.84. The van der Waals surface area contributed by atoms with Crippen molar-refractivity contribution in [2.24, 2.45) is 0 Å². The van der Waals surface area contributed by atoms with E-state index in [0.29, 0.717) is 5.56 Å². The van der Waals surface area contributed by atoms with E-state index in [1.54, 1.807) is 6.07 Å². The van der Waals surface area contributed by atoms with Gasteiger partial charge in [0.1, 0.15) is 0 Å². The molecular weight excluding hydrogens is 236 g/mol. The molecule has 0 bridgehead atoms. The highest BCUT2D eigenvalue weighted by atomic mass is 79.9. The third-order valence-corrected chi connectivity index (χ3v) is 2.05. The van der Waals surface area contributed by atoms with Gasteiger partial charge in [-0.15, -0.1) is 0 Å². The lowest BCUT2D eigenvalue weighted by molar-refractivity contribution is -0.255. The predicted molar refractivity (Wildman–Crippen MR) is 48.9 cm³/mol. The molecule has 0 radical (unpaired) electrons. The second-order valence-electron chi connectivity index (χ2n) is 2.43. The molecule has 3 nitrogen and oxygen atoms in total. The number of carboxylic acid groups (broad SMARTS) is 1.